The minimum absolute atomic E-state index is 0.0229. The van der Waals surface area contributed by atoms with E-state index in [1.165, 1.54) is 11.3 Å². The number of ether oxygens (including phenoxy) is 1. The Labute approximate surface area is 173 Å². The highest BCUT2D eigenvalue weighted by Crippen LogP contribution is 2.29. The van der Waals surface area contributed by atoms with Crippen LogP contribution in [0.4, 0.5) is 0 Å². The smallest absolute Gasteiger partial charge is 0.348 e. The molecule has 0 saturated carbocycles. The van der Waals surface area contributed by atoms with Crippen molar-refractivity contribution in [2.24, 2.45) is 0 Å². The van der Waals surface area contributed by atoms with E-state index in [0.717, 1.165) is 49.3 Å². The molecule has 1 aliphatic rings. The Balaban J connectivity index is 1.48. The van der Waals surface area contributed by atoms with E-state index < -0.39 is 0 Å². The molecule has 0 spiro atoms. The van der Waals surface area contributed by atoms with Crippen LogP contribution in [-0.2, 0) is 24.1 Å². The highest BCUT2D eigenvalue weighted by molar-refractivity contribution is 7.20. The first-order valence-corrected chi connectivity index (χ1v) is 11.0. The number of aryl methyl sites for hydroxylation is 4. The Morgan fingerprint density at radius 2 is 2.07 bits per heavy atom. The van der Waals surface area contributed by atoms with Crippen LogP contribution >= 0.6 is 11.3 Å². The lowest BCUT2D eigenvalue weighted by molar-refractivity contribution is 0.0505. The largest absolute Gasteiger partial charge is 0.461 e. The zero-order valence-electron chi connectivity index (χ0n) is 16.9. The molecule has 0 radical (unpaired) electrons. The zero-order valence-corrected chi connectivity index (χ0v) is 17.7. The predicted molar refractivity (Wildman–Crippen MR) is 114 cm³/mol. The zero-order chi connectivity index (χ0) is 20.4. The first-order chi connectivity index (χ1) is 14.0. The summed E-state index contributed by atoms with van der Waals surface area (Å²) < 4.78 is 7.27. The van der Waals surface area contributed by atoms with Gasteiger partial charge in [0.05, 0.1) is 12.0 Å². The van der Waals surface area contributed by atoms with Gasteiger partial charge in [-0.3, -0.25) is 14.3 Å². The van der Waals surface area contributed by atoms with Crippen LogP contribution in [0.1, 0.15) is 58.1 Å². The lowest BCUT2D eigenvalue weighted by Crippen LogP contribution is -2.24. The number of hydrogen-bond donors (Lipinski definition) is 0. The predicted octanol–water partition coefficient (Wildman–Crippen LogP) is 3.99. The average molecular weight is 412 g/mol. The van der Waals surface area contributed by atoms with Gasteiger partial charge in [-0.25, -0.2) is 9.78 Å². The Bertz CT molecular complexity index is 1120. The maximum atomic E-state index is 13.0. The van der Waals surface area contributed by atoms with E-state index in [2.05, 4.69) is 4.98 Å². The van der Waals surface area contributed by atoms with E-state index >= 15 is 0 Å². The molecule has 1 aliphatic heterocycles. The van der Waals surface area contributed by atoms with E-state index in [9.17, 15) is 9.59 Å². The van der Waals surface area contributed by atoms with Gasteiger partial charge in [-0.05, 0) is 57.2 Å². The third kappa shape index (κ3) is 4.10. The summed E-state index contributed by atoms with van der Waals surface area (Å²) in [6.45, 7) is 4.81. The van der Waals surface area contributed by atoms with Gasteiger partial charge in [-0.15, -0.1) is 11.3 Å². The molecule has 0 saturated heterocycles. The molecule has 0 atom stereocenters. The Kier molecular flexibility index (Phi) is 5.76. The molecule has 0 amide bonds. The highest BCUT2D eigenvalue weighted by atomic mass is 32.1. The van der Waals surface area contributed by atoms with Crippen LogP contribution in [0.15, 0.2) is 23.0 Å². The van der Waals surface area contributed by atoms with E-state index in [-0.39, 0.29) is 11.5 Å². The fraction of sp³-hybridized carbons (Fsp3) is 0.455. The third-order valence-electron chi connectivity index (χ3n) is 5.35. The second kappa shape index (κ2) is 8.45. The summed E-state index contributed by atoms with van der Waals surface area (Å²) in [4.78, 5) is 35.9. The van der Waals surface area contributed by atoms with Gasteiger partial charge in [-0.1, -0.05) is 12.5 Å². The molecule has 0 aromatic carbocycles. The number of thiophene rings is 1. The number of aromatic nitrogens is 3. The van der Waals surface area contributed by atoms with E-state index in [0.29, 0.717) is 40.2 Å². The molecule has 6 nitrogen and oxygen atoms in total. The maximum Gasteiger partial charge on any atom is 0.348 e. The van der Waals surface area contributed by atoms with Crippen molar-refractivity contribution in [3.05, 3.63) is 56.2 Å². The normalized spacial score (nSPS) is 13.9. The van der Waals surface area contributed by atoms with Crippen molar-refractivity contribution >= 4 is 27.5 Å². The van der Waals surface area contributed by atoms with Crippen LogP contribution in [0, 0.1) is 13.8 Å². The molecule has 152 valence electrons. The van der Waals surface area contributed by atoms with Gasteiger partial charge in [-0.2, -0.15) is 0 Å². The van der Waals surface area contributed by atoms with Crippen LogP contribution < -0.4 is 5.56 Å². The fourth-order valence-electron chi connectivity index (χ4n) is 3.83. The summed E-state index contributed by atoms with van der Waals surface area (Å²) in [5.74, 6) is 0.467. The molecule has 3 aromatic rings. The molecule has 4 rings (SSSR count). The van der Waals surface area contributed by atoms with Crippen molar-refractivity contribution in [3.8, 4) is 0 Å². The quantitative estimate of drug-likeness (QED) is 0.469. The standard InChI is InChI=1S/C22H25N3O3S/c1-14-8-6-9-16(23-14)10-7-13-28-22(27)19-15(2)18-20(29-19)24-17-11-4-3-5-12-25(17)21(18)26/h6,8-9H,3-5,7,10-13H2,1-2H3. The van der Waals surface area contributed by atoms with Gasteiger partial charge in [0.2, 0.25) is 0 Å². The lowest BCUT2D eigenvalue weighted by Gasteiger charge is -2.08. The van der Waals surface area contributed by atoms with Crippen molar-refractivity contribution in [2.45, 2.75) is 58.9 Å². The number of carbonyl (C=O) groups is 1. The molecule has 0 aliphatic carbocycles. The minimum Gasteiger partial charge on any atom is -0.461 e. The lowest BCUT2D eigenvalue weighted by atomic mass is 10.2. The third-order valence-corrected chi connectivity index (χ3v) is 6.52. The Hall–Kier alpha value is -2.54. The first-order valence-electron chi connectivity index (χ1n) is 10.2. The van der Waals surface area contributed by atoms with Crippen molar-refractivity contribution in [2.75, 3.05) is 6.61 Å². The number of esters is 1. The second-order valence-corrected chi connectivity index (χ2v) is 8.54. The molecule has 0 unspecified atom stereocenters. The number of nitrogens with zero attached hydrogens (tertiary/aromatic N) is 3. The number of hydrogen-bond acceptors (Lipinski definition) is 6. The average Bonchev–Trinajstić information content (AvgIpc) is 2.87. The van der Waals surface area contributed by atoms with Gasteiger partial charge in [0.25, 0.3) is 5.56 Å². The van der Waals surface area contributed by atoms with Crippen molar-refractivity contribution in [1.29, 1.82) is 0 Å². The summed E-state index contributed by atoms with van der Waals surface area (Å²) in [5.41, 5.74) is 2.65. The summed E-state index contributed by atoms with van der Waals surface area (Å²) in [7, 11) is 0. The summed E-state index contributed by atoms with van der Waals surface area (Å²) >= 11 is 1.27. The monoisotopic (exact) mass is 411 g/mol. The molecule has 0 N–H and O–H groups in total. The van der Waals surface area contributed by atoms with Crippen molar-refractivity contribution in [3.63, 3.8) is 0 Å². The number of carbonyl (C=O) groups excluding carboxylic acids is 1. The van der Waals surface area contributed by atoms with Crippen molar-refractivity contribution < 1.29 is 9.53 Å². The van der Waals surface area contributed by atoms with Crippen LogP contribution in [0.3, 0.4) is 0 Å². The van der Waals surface area contributed by atoms with E-state index in [1.807, 2.05) is 32.0 Å². The fourth-order valence-corrected chi connectivity index (χ4v) is 4.91. The number of fused-ring (bicyclic) bond motifs is 2. The Morgan fingerprint density at radius 3 is 2.90 bits per heavy atom. The molecule has 4 heterocycles. The highest BCUT2D eigenvalue weighted by Gasteiger charge is 2.23. The summed E-state index contributed by atoms with van der Waals surface area (Å²) in [5, 5.41) is 0.566. The van der Waals surface area contributed by atoms with E-state index in [1.54, 1.807) is 4.57 Å². The first kappa shape index (κ1) is 19.8. The van der Waals surface area contributed by atoms with Crippen LogP contribution in [0.25, 0.3) is 10.2 Å². The van der Waals surface area contributed by atoms with Gasteiger partial charge in [0.15, 0.2) is 0 Å². The minimum atomic E-state index is -0.373. The number of pyridine rings is 1. The topological polar surface area (TPSA) is 74.1 Å². The van der Waals surface area contributed by atoms with E-state index in [4.69, 9.17) is 9.72 Å². The van der Waals surface area contributed by atoms with Crippen LogP contribution in [-0.4, -0.2) is 27.1 Å². The molecule has 0 fully saturated rings. The van der Waals surface area contributed by atoms with Crippen molar-refractivity contribution in [1.82, 2.24) is 14.5 Å². The molecular weight excluding hydrogens is 386 g/mol. The second-order valence-electron chi connectivity index (χ2n) is 7.54. The van der Waals surface area contributed by atoms with Crippen LogP contribution in [0.2, 0.25) is 0 Å². The molecule has 0 bridgehead atoms. The SMILES string of the molecule is Cc1cccc(CCCOC(=O)c2sc3nc4n(c(=O)c3c2C)CCCCC4)n1. The van der Waals surface area contributed by atoms with Gasteiger partial charge in [0, 0.05) is 24.4 Å². The Morgan fingerprint density at radius 1 is 1.21 bits per heavy atom. The molecule has 29 heavy (non-hydrogen) atoms. The number of rotatable bonds is 5. The maximum absolute atomic E-state index is 13.0. The summed E-state index contributed by atoms with van der Waals surface area (Å²) in [6, 6.07) is 5.93. The van der Waals surface area contributed by atoms with Gasteiger partial charge < -0.3 is 4.74 Å². The van der Waals surface area contributed by atoms with Gasteiger partial charge in [0.1, 0.15) is 15.5 Å². The van der Waals surface area contributed by atoms with Gasteiger partial charge >= 0.3 is 5.97 Å². The molecule has 3 aromatic heterocycles. The van der Waals surface area contributed by atoms with Crippen LogP contribution in [0.5, 0.6) is 0 Å². The summed E-state index contributed by atoms with van der Waals surface area (Å²) in [6.07, 6.45) is 5.44. The molecule has 7 heteroatoms. The molecular formula is C22H25N3O3S.